The van der Waals surface area contributed by atoms with Crippen LogP contribution < -0.4 is 10.6 Å². The minimum atomic E-state index is -0.286. The second-order valence-corrected chi connectivity index (χ2v) is 7.23. The first kappa shape index (κ1) is 20.9. The number of nitrogens with one attached hydrogen (secondary N) is 2. The lowest BCUT2D eigenvalue weighted by Gasteiger charge is -2.31. The first-order valence-corrected chi connectivity index (χ1v) is 9.71. The highest BCUT2D eigenvalue weighted by molar-refractivity contribution is 5.93. The van der Waals surface area contributed by atoms with Crippen molar-refractivity contribution in [2.75, 3.05) is 31.6 Å². The van der Waals surface area contributed by atoms with Gasteiger partial charge in [-0.3, -0.25) is 4.79 Å². The molecule has 0 radical (unpaired) electrons. The van der Waals surface area contributed by atoms with E-state index in [2.05, 4.69) is 34.4 Å². The molecule has 0 unspecified atom stereocenters. The smallest absolute Gasteiger partial charge is 0.409 e. The SMILES string of the molecule is CCOC(=O)N1CCC(NC(=O)c2cc(NCCC(C)C)nc(C)n2)CC1. The van der Waals surface area contributed by atoms with E-state index in [4.69, 9.17) is 4.74 Å². The molecule has 2 amide bonds. The van der Waals surface area contributed by atoms with E-state index in [1.165, 1.54) is 0 Å². The zero-order chi connectivity index (χ0) is 19.8. The molecule has 0 aromatic carbocycles. The largest absolute Gasteiger partial charge is 0.450 e. The molecule has 1 fully saturated rings. The van der Waals surface area contributed by atoms with Crippen molar-refractivity contribution < 1.29 is 14.3 Å². The standard InChI is InChI=1S/C19H31N5O3/c1-5-27-19(26)24-10-7-15(8-11-24)23-18(25)16-12-17(22-14(4)21-16)20-9-6-13(2)3/h12-13,15H,5-11H2,1-4H3,(H,23,25)(H,20,21,22). The topological polar surface area (TPSA) is 96.5 Å². The number of likely N-dealkylation sites (tertiary alicyclic amines) is 1. The van der Waals surface area contributed by atoms with Crippen molar-refractivity contribution in [2.45, 2.75) is 53.0 Å². The minimum Gasteiger partial charge on any atom is -0.450 e. The molecule has 1 saturated heterocycles. The first-order chi connectivity index (χ1) is 12.9. The van der Waals surface area contributed by atoms with Gasteiger partial charge in [0.2, 0.25) is 0 Å². The summed E-state index contributed by atoms with van der Waals surface area (Å²) in [4.78, 5) is 34.6. The maximum absolute atomic E-state index is 12.6. The first-order valence-electron chi connectivity index (χ1n) is 9.71. The van der Waals surface area contributed by atoms with Crippen molar-refractivity contribution in [3.8, 4) is 0 Å². The highest BCUT2D eigenvalue weighted by atomic mass is 16.6. The van der Waals surface area contributed by atoms with Crippen molar-refractivity contribution in [3.63, 3.8) is 0 Å². The van der Waals surface area contributed by atoms with Crippen LogP contribution in [0.2, 0.25) is 0 Å². The Labute approximate surface area is 161 Å². The summed E-state index contributed by atoms with van der Waals surface area (Å²) in [5, 5.41) is 6.28. The third-order valence-electron chi connectivity index (χ3n) is 4.45. The van der Waals surface area contributed by atoms with Gasteiger partial charge in [0.1, 0.15) is 17.3 Å². The molecule has 1 aliphatic rings. The molecule has 150 valence electrons. The molecule has 8 nitrogen and oxygen atoms in total. The van der Waals surface area contributed by atoms with Crippen LogP contribution in [-0.2, 0) is 4.74 Å². The van der Waals surface area contributed by atoms with Crippen LogP contribution in [0.3, 0.4) is 0 Å². The van der Waals surface area contributed by atoms with Gasteiger partial charge >= 0.3 is 6.09 Å². The predicted octanol–water partition coefficient (Wildman–Crippen LogP) is 2.59. The molecule has 2 heterocycles. The van der Waals surface area contributed by atoms with Crippen LogP contribution in [-0.4, -0.2) is 59.2 Å². The number of aryl methyl sites for hydroxylation is 1. The summed E-state index contributed by atoms with van der Waals surface area (Å²) in [6, 6.07) is 1.71. The van der Waals surface area contributed by atoms with E-state index in [-0.39, 0.29) is 18.0 Å². The van der Waals surface area contributed by atoms with E-state index in [0.717, 1.165) is 13.0 Å². The number of anilines is 1. The number of hydrogen-bond donors (Lipinski definition) is 2. The van der Waals surface area contributed by atoms with Gasteiger partial charge in [0, 0.05) is 31.7 Å². The summed E-state index contributed by atoms with van der Waals surface area (Å²) in [5.74, 6) is 1.63. The van der Waals surface area contributed by atoms with Crippen molar-refractivity contribution in [1.29, 1.82) is 0 Å². The second kappa shape index (κ2) is 10.1. The summed E-state index contributed by atoms with van der Waals surface area (Å²) in [7, 11) is 0. The lowest BCUT2D eigenvalue weighted by molar-refractivity contribution is 0.0856. The van der Waals surface area contributed by atoms with E-state index in [1.807, 2.05) is 0 Å². The van der Waals surface area contributed by atoms with Gasteiger partial charge < -0.3 is 20.3 Å². The Balaban J connectivity index is 1.88. The molecule has 27 heavy (non-hydrogen) atoms. The fourth-order valence-electron chi connectivity index (χ4n) is 2.94. The molecular formula is C19H31N5O3. The van der Waals surface area contributed by atoms with Gasteiger partial charge in [-0.15, -0.1) is 0 Å². The maximum Gasteiger partial charge on any atom is 0.409 e. The average molecular weight is 377 g/mol. The Morgan fingerprint density at radius 2 is 2.00 bits per heavy atom. The molecule has 1 aliphatic heterocycles. The molecule has 0 aliphatic carbocycles. The van der Waals surface area contributed by atoms with Crippen LogP contribution in [0.1, 0.15) is 56.3 Å². The minimum absolute atomic E-state index is 0.0239. The molecule has 0 saturated carbocycles. The number of aromatic nitrogens is 2. The van der Waals surface area contributed by atoms with Gasteiger partial charge in [-0.05, 0) is 39.0 Å². The molecule has 1 aromatic rings. The Kier molecular flexibility index (Phi) is 7.82. The predicted molar refractivity (Wildman–Crippen MR) is 104 cm³/mol. The van der Waals surface area contributed by atoms with Crippen LogP contribution in [0.15, 0.2) is 6.07 Å². The van der Waals surface area contributed by atoms with Crippen molar-refractivity contribution >= 4 is 17.8 Å². The number of amides is 2. The Bertz CT molecular complexity index is 642. The highest BCUT2D eigenvalue weighted by Crippen LogP contribution is 2.13. The number of rotatable bonds is 7. The lowest BCUT2D eigenvalue weighted by atomic mass is 10.1. The monoisotopic (exact) mass is 377 g/mol. The number of nitrogens with zero attached hydrogens (tertiary/aromatic N) is 3. The molecule has 2 rings (SSSR count). The van der Waals surface area contributed by atoms with Crippen molar-refractivity contribution in [1.82, 2.24) is 20.2 Å². The summed E-state index contributed by atoms with van der Waals surface area (Å²) in [6.07, 6.45) is 2.15. The summed E-state index contributed by atoms with van der Waals surface area (Å²) in [5.41, 5.74) is 0.363. The van der Waals surface area contributed by atoms with Gasteiger partial charge in [0.05, 0.1) is 6.61 Å². The highest BCUT2D eigenvalue weighted by Gasteiger charge is 2.25. The van der Waals surface area contributed by atoms with Gasteiger partial charge in [0.25, 0.3) is 5.91 Å². The van der Waals surface area contributed by atoms with E-state index in [9.17, 15) is 9.59 Å². The van der Waals surface area contributed by atoms with Crippen molar-refractivity contribution in [2.24, 2.45) is 5.92 Å². The zero-order valence-corrected chi connectivity index (χ0v) is 16.7. The Hall–Kier alpha value is -2.38. The summed E-state index contributed by atoms with van der Waals surface area (Å²) < 4.78 is 5.02. The normalized spacial score (nSPS) is 14.9. The maximum atomic E-state index is 12.6. The number of carbonyl (C=O) groups is 2. The van der Waals surface area contributed by atoms with Crippen molar-refractivity contribution in [3.05, 3.63) is 17.6 Å². The molecule has 0 atom stereocenters. The van der Waals surface area contributed by atoms with Crippen LogP contribution in [0.25, 0.3) is 0 Å². The van der Waals surface area contributed by atoms with Gasteiger partial charge in [-0.1, -0.05) is 13.8 Å². The van der Waals surface area contributed by atoms with Crippen LogP contribution >= 0.6 is 0 Å². The van der Waals surface area contributed by atoms with Crippen LogP contribution in [0.4, 0.5) is 10.6 Å². The van der Waals surface area contributed by atoms with Gasteiger partial charge in [-0.25, -0.2) is 14.8 Å². The molecular weight excluding hydrogens is 346 g/mol. The molecule has 0 spiro atoms. The zero-order valence-electron chi connectivity index (χ0n) is 16.7. The quantitative estimate of drug-likeness (QED) is 0.758. The third-order valence-corrected chi connectivity index (χ3v) is 4.45. The van der Waals surface area contributed by atoms with E-state index in [0.29, 0.717) is 55.8 Å². The number of piperidine rings is 1. The lowest BCUT2D eigenvalue weighted by Crippen LogP contribution is -2.46. The number of carbonyl (C=O) groups excluding carboxylic acids is 2. The van der Waals surface area contributed by atoms with Gasteiger partial charge in [0.15, 0.2) is 0 Å². The molecule has 2 N–H and O–H groups in total. The fraction of sp³-hybridized carbons (Fsp3) is 0.684. The summed E-state index contributed by atoms with van der Waals surface area (Å²) in [6.45, 7) is 10.2. The molecule has 8 heteroatoms. The number of ether oxygens (including phenoxy) is 1. The summed E-state index contributed by atoms with van der Waals surface area (Å²) >= 11 is 0. The Morgan fingerprint density at radius 3 is 2.63 bits per heavy atom. The molecule has 0 bridgehead atoms. The van der Waals surface area contributed by atoms with E-state index < -0.39 is 0 Å². The second-order valence-electron chi connectivity index (χ2n) is 7.23. The van der Waals surface area contributed by atoms with Crippen LogP contribution in [0, 0.1) is 12.8 Å². The number of hydrogen-bond acceptors (Lipinski definition) is 6. The van der Waals surface area contributed by atoms with Crippen LogP contribution in [0.5, 0.6) is 0 Å². The Morgan fingerprint density at radius 1 is 1.30 bits per heavy atom. The molecule has 1 aromatic heterocycles. The third kappa shape index (κ3) is 6.69. The average Bonchev–Trinajstić information content (AvgIpc) is 2.61. The fourth-order valence-corrected chi connectivity index (χ4v) is 2.94. The van der Waals surface area contributed by atoms with E-state index in [1.54, 1.807) is 24.8 Å². The van der Waals surface area contributed by atoms with Gasteiger partial charge in [-0.2, -0.15) is 0 Å². The van der Waals surface area contributed by atoms with E-state index >= 15 is 0 Å².